The van der Waals surface area contributed by atoms with Crippen LogP contribution < -0.4 is 20.3 Å². The molecule has 148 valence electrons. The highest BCUT2D eigenvalue weighted by molar-refractivity contribution is 7.15. The molecule has 1 aromatic heterocycles. The van der Waals surface area contributed by atoms with E-state index in [0.717, 1.165) is 55.6 Å². The number of hydrogen-bond donors (Lipinski definition) is 2. The molecule has 6 nitrogen and oxygen atoms in total. The van der Waals surface area contributed by atoms with Crippen molar-refractivity contribution in [2.24, 2.45) is 0 Å². The molecule has 3 saturated heterocycles. The monoisotopic (exact) mass is 399 g/mol. The largest absolute Gasteiger partial charge is 0.444 e. The fraction of sp³-hybridized carbons (Fsp3) is 0.476. The molecule has 4 heterocycles. The number of carbonyl (C=O) groups is 1. The molecule has 2 bridgehead atoms. The molecule has 3 aliphatic rings. The van der Waals surface area contributed by atoms with Gasteiger partial charge in [-0.2, -0.15) is 0 Å². The van der Waals surface area contributed by atoms with Gasteiger partial charge in [0.15, 0.2) is 10.8 Å². The number of amides is 1. The van der Waals surface area contributed by atoms with Crippen molar-refractivity contribution < 1.29 is 14.3 Å². The first-order valence-corrected chi connectivity index (χ1v) is 10.8. The van der Waals surface area contributed by atoms with Crippen molar-refractivity contribution in [3.8, 4) is 10.8 Å². The molecule has 0 spiro atoms. The van der Waals surface area contributed by atoms with E-state index in [2.05, 4.69) is 21.6 Å². The van der Waals surface area contributed by atoms with Crippen LogP contribution in [0.3, 0.4) is 0 Å². The second-order valence-electron chi connectivity index (χ2n) is 7.65. The Labute approximate surface area is 168 Å². The van der Waals surface area contributed by atoms with Gasteiger partial charge < -0.3 is 25.0 Å². The van der Waals surface area contributed by atoms with Gasteiger partial charge >= 0.3 is 0 Å². The van der Waals surface area contributed by atoms with Crippen LogP contribution in [-0.2, 0) is 4.74 Å². The number of carbonyl (C=O) groups excluding carboxylic acids is 1. The highest BCUT2D eigenvalue weighted by Gasteiger charge is 2.39. The molecular weight excluding hydrogens is 374 g/mol. The van der Waals surface area contributed by atoms with Gasteiger partial charge in [-0.15, -0.1) is 0 Å². The van der Waals surface area contributed by atoms with Crippen LogP contribution in [0.25, 0.3) is 0 Å². The number of anilines is 1. The summed E-state index contributed by atoms with van der Waals surface area (Å²) >= 11 is 1.40. The molecular formula is C21H25N3O3S. The molecule has 1 aromatic carbocycles. The Balaban J connectivity index is 1.26. The summed E-state index contributed by atoms with van der Waals surface area (Å²) in [5.74, 6) is 0.816. The summed E-state index contributed by atoms with van der Waals surface area (Å²) in [7, 11) is 0. The van der Waals surface area contributed by atoms with Crippen LogP contribution in [0, 0.1) is 0 Å². The van der Waals surface area contributed by atoms with Gasteiger partial charge in [0.25, 0.3) is 5.91 Å². The van der Waals surface area contributed by atoms with E-state index in [-0.39, 0.29) is 11.9 Å². The molecule has 3 atom stereocenters. The van der Waals surface area contributed by atoms with Crippen LogP contribution in [-0.4, -0.2) is 50.3 Å². The first-order valence-electron chi connectivity index (χ1n) is 10.0. The second-order valence-corrected chi connectivity index (χ2v) is 8.70. The molecule has 28 heavy (non-hydrogen) atoms. The molecule has 0 radical (unpaired) electrons. The fourth-order valence-corrected chi connectivity index (χ4v) is 5.21. The third-order valence-corrected chi connectivity index (χ3v) is 6.81. The zero-order valence-corrected chi connectivity index (χ0v) is 16.5. The molecule has 0 saturated carbocycles. The maximum Gasteiger partial charge on any atom is 0.261 e. The number of ether oxygens (including phenoxy) is 2. The Morgan fingerprint density at radius 2 is 2.04 bits per heavy atom. The normalized spacial score (nSPS) is 26.4. The van der Waals surface area contributed by atoms with Gasteiger partial charge in [-0.05, 0) is 43.5 Å². The summed E-state index contributed by atoms with van der Waals surface area (Å²) < 4.78 is 11.6. The first kappa shape index (κ1) is 18.0. The van der Waals surface area contributed by atoms with E-state index in [9.17, 15) is 4.79 Å². The Morgan fingerprint density at radius 1 is 1.18 bits per heavy atom. The van der Waals surface area contributed by atoms with Gasteiger partial charge in [0.1, 0.15) is 0 Å². The average Bonchev–Trinajstić information content (AvgIpc) is 3.46. The highest BCUT2D eigenvalue weighted by atomic mass is 32.1. The number of rotatable bonds is 5. The molecule has 7 heteroatoms. The standard InChI is InChI=1S/C21H25N3O3S/c25-21(23-16-13-14-5-6-15(16)22-14)19-7-8-20(28-19)27-18-4-2-1-3-17(18)24-9-11-26-12-10-24/h1-4,7-8,14-16,22H,5-6,9-13H2,(H,23,25)/t14-,15+,16-/m1/s1. The summed E-state index contributed by atoms with van der Waals surface area (Å²) in [5.41, 5.74) is 1.07. The maximum absolute atomic E-state index is 12.7. The Bertz CT molecular complexity index is 849. The van der Waals surface area contributed by atoms with Gasteiger partial charge in [0.2, 0.25) is 0 Å². The van der Waals surface area contributed by atoms with Gasteiger partial charge in [-0.1, -0.05) is 23.5 Å². The van der Waals surface area contributed by atoms with Gasteiger partial charge in [0, 0.05) is 31.2 Å². The Kier molecular flexibility index (Phi) is 4.96. The van der Waals surface area contributed by atoms with Crippen LogP contribution >= 0.6 is 11.3 Å². The lowest BCUT2D eigenvalue weighted by atomic mass is 9.95. The van der Waals surface area contributed by atoms with Crippen molar-refractivity contribution in [2.75, 3.05) is 31.2 Å². The molecule has 0 aliphatic carbocycles. The lowest BCUT2D eigenvalue weighted by Crippen LogP contribution is -2.42. The number of hydrogen-bond acceptors (Lipinski definition) is 6. The van der Waals surface area contributed by atoms with Crippen LogP contribution in [0.4, 0.5) is 5.69 Å². The van der Waals surface area contributed by atoms with Crippen molar-refractivity contribution >= 4 is 22.9 Å². The minimum absolute atomic E-state index is 0.000615. The van der Waals surface area contributed by atoms with Crippen molar-refractivity contribution in [2.45, 2.75) is 37.4 Å². The molecule has 3 fully saturated rings. The maximum atomic E-state index is 12.7. The second kappa shape index (κ2) is 7.73. The van der Waals surface area contributed by atoms with E-state index in [1.54, 1.807) is 0 Å². The van der Waals surface area contributed by atoms with Gasteiger partial charge in [-0.25, -0.2) is 0 Å². The topological polar surface area (TPSA) is 62.8 Å². The molecule has 1 amide bonds. The lowest BCUT2D eigenvalue weighted by Gasteiger charge is -2.30. The van der Waals surface area contributed by atoms with Crippen molar-refractivity contribution in [3.05, 3.63) is 41.3 Å². The van der Waals surface area contributed by atoms with E-state index < -0.39 is 0 Å². The van der Waals surface area contributed by atoms with Crippen LogP contribution in [0.2, 0.25) is 0 Å². The zero-order valence-electron chi connectivity index (χ0n) is 15.7. The lowest BCUT2D eigenvalue weighted by molar-refractivity contribution is 0.0935. The fourth-order valence-electron chi connectivity index (χ4n) is 4.44. The summed E-state index contributed by atoms with van der Waals surface area (Å²) in [6.45, 7) is 3.18. The van der Waals surface area contributed by atoms with Crippen LogP contribution in [0.15, 0.2) is 36.4 Å². The number of morpholine rings is 1. The number of fused-ring (bicyclic) bond motifs is 2. The van der Waals surface area contributed by atoms with E-state index in [1.165, 1.54) is 17.8 Å². The number of nitrogens with zero attached hydrogens (tertiary/aromatic N) is 1. The predicted octanol–water partition coefficient (Wildman–Crippen LogP) is 3.00. The number of benzene rings is 1. The SMILES string of the molecule is O=C(N[C@@H]1C[C@H]2CC[C@@H]1N2)c1ccc(Oc2ccccc2N2CCOCC2)s1. The van der Waals surface area contributed by atoms with Crippen molar-refractivity contribution in [1.29, 1.82) is 0 Å². The number of para-hydroxylation sites is 2. The van der Waals surface area contributed by atoms with E-state index >= 15 is 0 Å². The van der Waals surface area contributed by atoms with E-state index in [1.807, 2.05) is 30.3 Å². The molecule has 0 unspecified atom stereocenters. The molecule has 3 aliphatic heterocycles. The predicted molar refractivity (Wildman–Crippen MR) is 110 cm³/mol. The zero-order chi connectivity index (χ0) is 18.9. The van der Waals surface area contributed by atoms with Gasteiger partial charge in [0.05, 0.1) is 23.8 Å². The number of nitrogens with one attached hydrogen (secondary N) is 2. The summed E-state index contributed by atoms with van der Waals surface area (Å²) in [4.78, 5) is 15.6. The van der Waals surface area contributed by atoms with Gasteiger partial charge in [-0.3, -0.25) is 4.79 Å². The minimum Gasteiger partial charge on any atom is -0.444 e. The highest BCUT2D eigenvalue weighted by Crippen LogP contribution is 2.36. The smallest absolute Gasteiger partial charge is 0.261 e. The summed E-state index contributed by atoms with van der Waals surface area (Å²) in [6.07, 6.45) is 3.43. The Hall–Kier alpha value is -2.09. The van der Waals surface area contributed by atoms with Crippen LogP contribution in [0.5, 0.6) is 10.8 Å². The first-order chi connectivity index (χ1) is 13.8. The quantitative estimate of drug-likeness (QED) is 0.809. The average molecular weight is 400 g/mol. The molecule has 2 aromatic rings. The number of thiophene rings is 1. The van der Waals surface area contributed by atoms with Crippen LogP contribution in [0.1, 0.15) is 28.9 Å². The van der Waals surface area contributed by atoms with E-state index in [4.69, 9.17) is 9.47 Å². The van der Waals surface area contributed by atoms with E-state index in [0.29, 0.717) is 17.0 Å². The molecule has 5 rings (SSSR count). The summed E-state index contributed by atoms with van der Waals surface area (Å²) in [5, 5.41) is 7.49. The van der Waals surface area contributed by atoms with Crippen molar-refractivity contribution in [3.63, 3.8) is 0 Å². The Morgan fingerprint density at radius 3 is 2.82 bits per heavy atom. The third-order valence-electron chi connectivity index (χ3n) is 5.85. The third kappa shape index (κ3) is 3.62. The minimum atomic E-state index is 0.000615. The molecule has 2 N–H and O–H groups in total. The van der Waals surface area contributed by atoms with Crippen molar-refractivity contribution in [1.82, 2.24) is 10.6 Å². The summed E-state index contributed by atoms with van der Waals surface area (Å²) in [6, 6.07) is 13.0.